The van der Waals surface area contributed by atoms with Gasteiger partial charge in [0.2, 0.25) is 10.0 Å². The Hall–Kier alpha value is -1.60. The Morgan fingerprint density at radius 1 is 1.47 bits per heavy atom. The van der Waals surface area contributed by atoms with Gasteiger partial charge < -0.3 is 11.1 Å². The van der Waals surface area contributed by atoms with Crippen molar-refractivity contribution < 1.29 is 8.42 Å². The normalized spacial score (nSPS) is 14.2. The number of primary sulfonamides is 1. The number of nitrogens with one attached hydrogen (secondary N) is 1. The van der Waals surface area contributed by atoms with Crippen LogP contribution in [0.4, 0.5) is 0 Å². The van der Waals surface area contributed by atoms with Crippen LogP contribution < -0.4 is 16.2 Å². The lowest BCUT2D eigenvalue weighted by molar-refractivity contribution is 0.597. The van der Waals surface area contributed by atoms with Crippen molar-refractivity contribution in [1.29, 1.82) is 0 Å². The summed E-state index contributed by atoms with van der Waals surface area (Å²) in [4.78, 5) is 4.23. The Bertz CT molecular complexity index is 555. The van der Waals surface area contributed by atoms with Crippen LogP contribution in [0.2, 0.25) is 0 Å². The van der Waals surface area contributed by atoms with Gasteiger partial charge in [-0.15, -0.1) is 0 Å². The lowest BCUT2D eigenvalue weighted by atomic mass is 10.2. The highest BCUT2D eigenvalue weighted by molar-refractivity contribution is 7.89. The Morgan fingerprint density at radius 3 is 2.74 bits per heavy atom. The van der Waals surface area contributed by atoms with Gasteiger partial charge in [-0.05, 0) is 31.0 Å². The minimum atomic E-state index is -3.68. The molecule has 0 fully saturated rings. The van der Waals surface area contributed by atoms with Gasteiger partial charge in [0.05, 0.1) is 11.4 Å². The van der Waals surface area contributed by atoms with E-state index in [-0.39, 0.29) is 10.9 Å². The van der Waals surface area contributed by atoms with Crippen molar-refractivity contribution in [1.82, 2.24) is 5.32 Å². The SMILES string of the molecule is CCC(C)NC(N)=NCc1cccc(S(N)(=O)=O)c1. The van der Waals surface area contributed by atoms with Gasteiger partial charge in [-0.3, -0.25) is 0 Å². The monoisotopic (exact) mass is 284 g/mol. The van der Waals surface area contributed by atoms with Crippen molar-refractivity contribution in [2.24, 2.45) is 15.9 Å². The predicted octanol–water partition coefficient (Wildman–Crippen LogP) is 0.537. The van der Waals surface area contributed by atoms with Crippen LogP contribution >= 0.6 is 0 Å². The number of aliphatic imine (C=N–C) groups is 1. The third-order valence-corrected chi connectivity index (χ3v) is 3.58. The second-order valence-corrected chi connectivity index (χ2v) is 5.91. The molecule has 6 nitrogen and oxygen atoms in total. The van der Waals surface area contributed by atoms with Crippen molar-refractivity contribution >= 4 is 16.0 Å². The third-order valence-electron chi connectivity index (χ3n) is 2.67. The molecule has 0 heterocycles. The van der Waals surface area contributed by atoms with Crippen LogP contribution in [-0.2, 0) is 16.6 Å². The minimum Gasteiger partial charge on any atom is -0.370 e. The van der Waals surface area contributed by atoms with Gasteiger partial charge in [-0.2, -0.15) is 0 Å². The average molecular weight is 284 g/mol. The number of sulfonamides is 1. The van der Waals surface area contributed by atoms with Crippen molar-refractivity contribution in [3.8, 4) is 0 Å². The summed E-state index contributed by atoms with van der Waals surface area (Å²) in [6.45, 7) is 4.35. The van der Waals surface area contributed by atoms with Crippen molar-refractivity contribution in [2.75, 3.05) is 0 Å². The lowest BCUT2D eigenvalue weighted by Gasteiger charge is -2.11. The molecule has 0 saturated carbocycles. The molecule has 1 aromatic rings. The van der Waals surface area contributed by atoms with E-state index in [4.69, 9.17) is 10.9 Å². The first kappa shape index (κ1) is 15.5. The van der Waals surface area contributed by atoms with Crippen molar-refractivity contribution in [3.05, 3.63) is 29.8 Å². The smallest absolute Gasteiger partial charge is 0.238 e. The zero-order valence-electron chi connectivity index (χ0n) is 11.1. The molecule has 0 aliphatic carbocycles. The number of hydrogen-bond donors (Lipinski definition) is 3. The van der Waals surface area contributed by atoms with Crippen molar-refractivity contribution in [3.63, 3.8) is 0 Å². The number of guanidine groups is 1. The number of nitrogens with zero attached hydrogens (tertiary/aromatic N) is 1. The topological polar surface area (TPSA) is 111 Å². The molecule has 106 valence electrons. The van der Waals surface area contributed by atoms with Gasteiger partial charge in [0.1, 0.15) is 0 Å². The molecule has 1 rings (SSSR count). The largest absolute Gasteiger partial charge is 0.370 e. The second-order valence-electron chi connectivity index (χ2n) is 4.35. The lowest BCUT2D eigenvalue weighted by Crippen LogP contribution is -2.38. The molecule has 0 aliphatic rings. The summed E-state index contributed by atoms with van der Waals surface area (Å²) in [5.74, 6) is 0.343. The molecule has 0 saturated heterocycles. The molecule has 1 atom stereocenters. The Kier molecular flexibility index (Phi) is 5.31. The molecule has 1 unspecified atom stereocenters. The van der Waals surface area contributed by atoms with E-state index in [1.165, 1.54) is 12.1 Å². The summed E-state index contributed by atoms with van der Waals surface area (Å²) < 4.78 is 22.4. The fraction of sp³-hybridized carbons (Fsp3) is 0.417. The summed E-state index contributed by atoms with van der Waals surface area (Å²) in [5.41, 5.74) is 6.45. The number of benzene rings is 1. The summed E-state index contributed by atoms with van der Waals surface area (Å²) in [5, 5.41) is 8.09. The first-order valence-electron chi connectivity index (χ1n) is 6.01. The molecule has 1 aromatic carbocycles. The van der Waals surface area contributed by atoms with Crippen LogP contribution in [0.1, 0.15) is 25.8 Å². The Morgan fingerprint density at radius 2 is 2.16 bits per heavy atom. The highest BCUT2D eigenvalue weighted by Gasteiger charge is 2.07. The maximum atomic E-state index is 11.2. The van der Waals surface area contributed by atoms with E-state index in [0.29, 0.717) is 12.5 Å². The fourth-order valence-corrected chi connectivity index (χ4v) is 1.98. The zero-order chi connectivity index (χ0) is 14.5. The molecule has 0 bridgehead atoms. The van der Waals surface area contributed by atoms with Gasteiger partial charge >= 0.3 is 0 Å². The van der Waals surface area contributed by atoms with Crippen LogP contribution in [0.25, 0.3) is 0 Å². The molecule has 0 amide bonds. The molecular formula is C12H20N4O2S. The molecule has 19 heavy (non-hydrogen) atoms. The first-order valence-corrected chi connectivity index (χ1v) is 7.55. The predicted molar refractivity (Wildman–Crippen MR) is 76.0 cm³/mol. The first-order chi connectivity index (χ1) is 8.82. The highest BCUT2D eigenvalue weighted by Crippen LogP contribution is 2.10. The summed E-state index contributed by atoms with van der Waals surface area (Å²) in [6, 6.07) is 6.59. The standard InChI is InChI=1S/C12H20N4O2S/c1-3-9(2)16-12(13)15-8-10-5-4-6-11(7-10)19(14,17)18/h4-7,9H,3,8H2,1-2H3,(H3,13,15,16)(H2,14,17,18). The van der Waals surface area contributed by atoms with Crippen LogP contribution in [0, 0.1) is 0 Å². The van der Waals surface area contributed by atoms with E-state index in [1.54, 1.807) is 12.1 Å². The zero-order valence-corrected chi connectivity index (χ0v) is 11.9. The molecule has 7 heteroatoms. The van der Waals surface area contributed by atoms with Crippen molar-refractivity contribution in [2.45, 2.75) is 37.8 Å². The van der Waals surface area contributed by atoms with Gasteiger partial charge in [0.15, 0.2) is 5.96 Å². The second kappa shape index (κ2) is 6.53. The quantitative estimate of drug-likeness (QED) is 0.541. The fourth-order valence-electron chi connectivity index (χ4n) is 1.40. The number of hydrogen-bond acceptors (Lipinski definition) is 3. The van der Waals surface area contributed by atoms with Crippen LogP contribution in [0.3, 0.4) is 0 Å². The van der Waals surface area contributed by atoms with Gasteiger partial charge in [-0.25, -0.2) is 18.5 Å². The van der Waals surface area contributed by atoms with E-state index >= 15 is 0 Å². The summed E-state index contributed by atoms with van der Waals surface area (Å²) >= 11 is 0. The molecule has 5 N–H and O–H groups in total. The maximum Gasteiger partial charge on any atom is 0.238 e. The van der Waals surface area contributed by atoms with E-state index < -0.39 is 10.0 Å². The van der Waals surface area contributed by atoms with Crippen LogP contribution in [0.5, 0.6) is 0 Å². The molecule has 0 aliphatic heterocycles. The Balaban J connectivity index is 2.76. The molecule has 0 aromatic heterocycles. The highest BCUT2D eigenvalue weighted by atomic mass is 32.2. The minimum absolute atomic E-state index is 0.0775. The molecule has 0 spiro atoms. The molecule has 0 radical (unpaired) electrons. The third kappa shape index (κ3) is 5.27. The number of rotatable bonds is 5. The average Bonchev–Trinajstić information content (AvgIpc) is 2.35. The summed E-state index contributed by atoms with van der Waals surface area (Å²) in [6.07, 6.45) is 0.942. The van der Waals surface area contributed by atoms with E-state index in [2.05, 4.69) is 10.3 Å². The van der Waals surface area contributed by atoms with Gasteiger partial charge in [0, 0.05) is 6.04 Å². The maximum absolute atomic E-state index is 11.2. The van der Waals surface area contributed by atoms with E-state index in [9.17, 15) is 8.42 Å². The van der Waals surface area contributed by atoms with Crippen LogP contribution in [-0.4, -0.2) is 20.4 Å². The molecular weight excluding hydrogens is 264 g/mol. The van der Waals surface area contributed by atoms with Crippen LogP contribution in [0.15, 0.2) is 34.2 Å². The van der Waals surface area contributed by atoms with Gasteiger partial charge in [-0.1, -0.05) is 19.1 Å². The number of nitrogens with two attached hydrogens (primary N) is 2. The van der Waals surface area contributed by atoms with E-state index in [1.807, 2.05) is 13.8 Å². The Labute approximate surface area is 114 Å². The van der Waals surface area contributed by atoms with Gasteiger partial charge in [0.25, 0.3) is 0 Å². The summed E-state index contributed by atoms with van der Waals surface area (Å²) in [7, 11) is -3.68. The van der Waals surface area contributed by atoms with E-state index in [0.717, 1.165) is 12.0 Å².